The molecular weight excluding hydrogens is 176 g/mol. The fourth-order valence-electron chi connectivity index (χ4n) is 3.03. The molecule has 0 aromatic rings. The van der Waals surface area contributed by atoms with Gasteiger partial charge in [-0.3, -0.25) is 0 Å². The van der Waals surface area contributed by atoms with Crippen molar-refractivity contribution in [3.05, 3.63) is 0 Å². The molecule has 0 amide bonds. The summed E-state index contributed by atoms with van der Waals surface area (Å²) in [6, 6.07) is 0. The Morgan fingerprint density at radius 2 is 1.79 bits per heavy atom. The van der Waals surface area contributed by atoms with Crippen LogP contribution in [-0.4, -0.2) is 41.3 Å². The standard InChI is InChI=1S/C11H22N2O/c1-13-8-7-11(14,9-13)10(12)5-3-2-4-6-10/h14H,2-9,12H2,1H3. The smallest absolute Gasteiger partial charge is 0.0964 e. The highest BCUT2D eigenvalue weighted by atomic mass is 16.3. The summed E-state index contributed by atoms with van der Waals surface area (Å²) < 4.78 is 0. The van der Waals surface area contributed by atoms with E-state index in [1.807, 2.05) is 0 Å². The van der Waals surface area contributed by atoms with E-state index < -0.39 is 5.60 Å². The third-order valence-corrected chi connectivity index (χ3v) is 4.11. The molecule has 14 heavy (non-hydrogen) atoms. The van der Waals surface area contributed by atoms with Gasteiger partial charge in [0.2, 0.25) is 0 Å². The highest BCUT2D eigenvalue weighted by molar-refractivity contribution is 5.08. The van der Waals surface area contributed by atoms with Crippen LogP contribution in [0.1, 0.15) is 38.5 Å². The molecule has 82 valence electrons. The Morgan fingerprint density at radius 3 is 2.29 bits per heavy atom. The van der Waals surface area contributed by atoms with Gasteiger partial charge in [0.1, 0.15) is 0 Å². The molecule has 3 nitrogen and oxygen atoms in total. The van der Waals surface area contributed by atoms with Gasteiger partial charge in [-0.1, -0.05) is 19.3 Å². The summed E-state index contributed by atoms with van der Waals surface area (Å²) in [7, 11) is 2.06. The summed E-state index contributed by atoms with van der Waals surface area (Å²) >= 11 is 0. The van der Waals surface area contributed by atoms with Crippen molar-refractivity contribution in [2.45, 2.75) is 49.7 Å². The van der Waals surface area contributed by atoms with Crippen LogP contribution < -0.4 is 5.73 Å². The van der Waals surface area contributed by atoms with Crippen LogP contribution in [0.25, 0.3) is 0 Å². The van der Waals surface area contributed by atoms with Gasteiger partial charge in [-0.25, -0.2) is 0 Å². The molecule has 0 aromatic heterocycles. The van der Waals surface area contributed by atoms with Crippen molar-refractivity contribution in [3.63, 3.8) is 0 Å². The number of β-amino-alcohol motifs (C(OH)–C–C–N with tert-alkyl or cyclic N) is 1. The van der Waals surface area contributed by atoms with Crippen LogP contribution in [0.4, 0.5) is 0 Å². The highest BCUT2D eigenvalue weighted by Gasteiger charge is 2.50. The van der Waals surface area contributed by atoms with E-state index in [1.165, 1.54) is 19.3 Å². The number of aliphatic hydroxyl groups is 1. The van der Waals surface area contributed by atoms with Crippen LogP contribution >= 0.6 is 0 Å². The van der Waals surface area contributed by atoms with Crippen LogP contribution in [0.3, 0.4) is 0 Å². The molecule has 3 N–H and O–H groups in total. The molecule has 2 rings (SSSR count). The first kappa shape index (κ1) is 10.4. The molecule has 1 unspecified atom stereocenters. The Labute approximate surface area is 86.3 Å². The molecule has 0 spiro atoms. The zero-order chi connectivity index (χ0) is 10.2. The minimum Gasteiger partial charge on any atom is -0.387 e. The van der Waals surface area contributed by atoms with Gasteiger partial charge in [0.05, 0.1) is 5.60 Å². The van der Waals surface area contributed by atoms with Gasteiger partial charge >= 0.3 is 0 Å². The fourth-order valence-corrected chi connectivity index (χ4v) is 3.03. The summed E-state index contributed by atoms with van der Waals surface area (Å²) in [6.45, 7) is 1.74. The maximum absolute atomic E-state index is 10.6. The monoisotopic (exact) mass is 198 g/mol. The Balaban J connectivity index is 2.11. The molecule has 2 fully saturated rings. The minimum atomic E-state index is -0.623. The summed E-state index contributed by atoms with van der Waals surface area (Å²) in [4.78, 5) is 2.18. The van der Waals surface area contributed by atoms with Crippen molar-refractivity contribution < 1.29 is 5.11 Å². The predicted molar refractivity (Wildman–Crippen MR) is 57.1 cm³/mol. The van der Waals surface area contributed by atoms with Crippen LogP contribution in [-0.2, 0) is 0 Å². The first-order valence-corrected chi connectivity index (χ1v) is 5.76. The zero-order valence-electron chi connectivity index (χ0n) is 9.13. The average Bonchev–Trinajstić information content (AvgIpc) is 2.49. The Bertz CT molecular complexity index is 206. The SMILES string of the molecule is CN1CCC(O)(C2(N)CCCCC2)C1. The second-order valence-electron chi connectivity index (χ2n) is 5.24. The van der Waals surface area contributed by atoms with E-state index in [2.05, 4.69) is 11.9 Å². The van der Waals surface area contributed by atoms with Crippen molar-refractivity contribution in [2.75, 3.05) is 20.1 Å². The number of nitrogens with two attached hydrogens (primary N) is 1. The summed E-state index contributed by atoms with van der Waals surface area (Å²) in [6.07, 6.45) is 6.49. The minimum absolute atomic E-state index is 0.310. The average molecular weight is 198 g/mol. The van der Waals surface area contributed by atoms with Gasteiger partial charge < -0.3 is 15.7 Å². The fraction of sp³-hybridized carbons (Fsp3) is 1.00. The molecule has 2 aliphatic rings. The molecule has 1 heterocycles. The maximum atomic E-state index is 10.6. The molecule has 1 saturated heterocycles. The second-order valence-corrected chi connectivity index (χ2v) is 5.24. The van der Waals surface area contributed by atoms with Crippen molar-refractivity contribution in [1.29, 1.82) is 0 Å². The molecule has 1 aliphatic carbocycles. The van der Waals surface area contributed by atoms with E-state index in [9.17, 15) is 5.11 Å². The molecular formula is C11H22N2O. The number of hydrogen-bond donors (Lipinski definition) is 2. The Kier molecular flexibility index (Phi) is 2.58. The summed E-state index contributed by atoms with van der Waals surface area (Å²) in [5.41, 5.74) is 5.45. The third kappa shape index (κ3) is 1.58. The molecule has 0 aromatic carbocycles. The lowest BCUT2D eigenvalue weighted by Crippen LogP contribution is -2.62. The quantitative estimate of drug-likeness (QED) is 0.652. The topological polar surface area (TPSA) is 49.5 Å². The largest absolute Gasteiger partial charge is 0.387 e. The molecule has 3 heteroatoms. The van der Waals surface area contributed by atoms with Crippen LogP contribution in [0.2, 0.25) is 0 Å². The van der Waals surface area contributed by atoms with E-state index >= 15 is 0 Å². The Morgan fingerprint density at radius 1 is 1.14 bits per heavy atom. The van der Waals surface area contributed by atoms with Gasteiger partial charge in [-0.05, 0) is 26.3 Å². The first-order chi connectivity index (χ1) is 6.56. The van der Waals surface area contributed by atoms with Gasteiger partial charge in [0, 0.05) is 18.6 Å². The second kappa shape index (κ2) is 3.47. The normalized spacial score (nSPS) is 38.8. The predicted octanol–water partition coefficient (Wildman–Crippen LogP) is 0.715. The number of hydrogen-bond acceptors (Lipinski definition) is 3. The lowest BCUT2D eigenvalue weighted by atomic mass is 9.70. The van der Waals surface area contributed by atoms with Crippen molar-refractivity contribution >= 4 is 0 Å². The van der Waals surface area contributed by atoms with Gasteiger partial charge in [0.15, 0.2) is 0 Å². The summed E-state index contributed by atoms with van der Waals surface area (Å²) in [5, 5.41) is 10.6. The highest BCUT2D eigenvalue weighted by Crippen LogP contribution is 2.39. The van der Waals surface area contributed by atoms with Crippen molar-refractivity contribution in [2.24, 2.45) is 5.73 Å². The molecule has 1 aliphatic heterocycles. The Hall–Kier alpha value is -0.120. The van der Waals surface area contributed by atoms with Crippen molar-refractivity contribution in [3.8, 4) is 0 Å². The van der Waals surface area contributed by atoms with Crippen LogP contribution in [0, 0.1) is 0 Å². The lowest BCUT2D eigenvalue weighted by Gasteiger charge is -2.45. The molecule has 1 saturated carbocycles. The van der Waals surface area contributed by atoms with E-state index in [-0.39, 0.29) is 5.54 Å². The summed E-state index contributed by atoms with van der Waals surface area (Å²) in [5.74, 6) is 0. The van der Waals surface area contributed by atoms with Gasteiger partial charge in [-0.2, -0.15) is 0 Å². The van der Waals surface area contributed by atoms with E-state index in [1.54, 1.807) is 0 Å². The number of nitrogens with zero attached hydrogens (tertiary/aromatic N) is 1. The molecule has 1 atom stereocenters. The van der Waals surface area contributed by atoms with E-state index in [0.717, 1.165) is 32.4 Å². The third-order valence-electron chi connectivity index (χ3n) is 4.11. The molecule has 0 bridgehead atoms. The zero-order valence-corrected chi connectivity index (χ0v) is 9.13. The number of rotatable bonds is 1. The van der Waals surface area contributed by atoms with Crippen LogP contribution in [0.5, 0.6) is 0 Å². The maximum Gasteiger partial charge on any atom is 0.0964 e. The van der Waals surface area contributed by atoms with E-state index in [4.69, 9.17) is 5.73 Å². The van der Waals surface area contributed by atoms with Gasteiger partial charge in [-0.15, -0.1) is 0 Å². The lowest BCUT2D eigenvalue weighted by molar-refractivity contribution is -0.0410. The van der Waals surface area contributed by atoms with Gasteiger partial charge in [0.25, 0.3) is 0 Å². The van der Waals surface area contributed by atoms with E-state index in [0.29, 0.717) is 0 Å². The van der Waals surface area contributed by atoms with Crippen LogP contribution in [0.15, 0.2) is 0 Å². The number of likely N-dealkylation sites (tertiary alicyclic amines) is 1. The van der Waals surface area contributed by atoms with Crippen molar-refractivity contribution in [1.82, 2.24) is 4.90 Å². The first-order valence-electron chi connectivity index (χ1n) is 5.76. The number of likely N-dealkylation sites (N-methyl/N-ethyl adjacent to an activating group) is 1. The molecule has 0 radical (unpaired) electrons.